The molecule has 2 aliphatic heterocycles. The number of methoxy groups -OCH3 is 1. The zero-order valence-corrected chi connectivity index (χ0v) is 29.0. The van der Waals surface area contributed by atoms with Crippen LogP contribution in [0.1, 0.15) is 72.9 Å². The summed E-state index contributed by atoms with van der Waals surface area (Å²) in [5.74, 6) is -0.185. The lowest BCUT2D eigenvalue weighted by Crippen LogP contribution is -2.49. The van der Waals surface area contributed by atoms with Gasteiger partial charge in [-0.3, -0.25) is 0 Å². The van der Waals surface area contributed by atoms with Crippen LogP contribution in [0.5, 0.6) is 5.75 Å². The van der Waals surface area contributed by atoms with Crippen molar-refractivity contribution in [2.75, 3.05) is 38.3 Å². The molecule has 12 heteroatoms. The number of nitrogens with two attached hydrogens (primary N) is 1. The minimum atomic E-state index is -3.88. The number of aromatic carboxylic acids is 1. The Morgan fingerprint density at radius 2 is 2.04 bits per heavy atom. The molecule has 2 aliphatic carbocycles. The fraction of sp³-hybridized carbons (Fsp3) is 0.583. The van der Waals surface area contributed by atoms with E-state index in [-0.39, 0.29) is 35.3 Å². The summed E-state index contributed by atoms with van der Waals surface area (Å²) in [4.78, 5) is 14.3. The van der Waals surface area contributed by atoms with Gasteiger partial charge in [-0.25, -0.2) is 18.4 Å². The molecule has 1 saturated heterocycles. The molecule has 4 aliphatic rings. The van der Waals surface area contributed by atoms with E-state index in [0.717, 1.165) is 50.6 Å². The van der Waals surface area contributed by atoms with Crippen LogP contribution in [0.15, 0.2) is 48.6 Å². The van der Waals surface area contributed by atoms with Crippen LogP contribution in [0.3, 0.4) is 0 Å². The Bertz CT molecular complexity index is 1610. The molecule has 1 spiro atoms. The quantitative estimate of drug-likeness (QED) is 0.257. The monoisotopic (exact) mass is 702 g/mol. The van der Waals surface area contributed by atoms with Gasteiger partial charge in [0.05, 0.1) is 36.2 Å². The Hall–Kier alpha value is -2.67. The van der Waals surface area contributed by atoms with E-state index in [2.05, 4.69) is 17.0 Å². The highest BCUT2D eigenvalue weighted by atomic mass is 35.5. The number of aryl methyl sites for hydroxylation is 1. The Morgan fingerprint density at radius 3 is 2.73 bits per heavy atom. The third-order valence-corrected chi connectivity index (χ3v) is 12.6. The van der Waals surface area contributed by atoms with Crippen LogP contribution in [0.4, 0.5) is 5.69 Å². The number of anilines is 1. The number of carboxylic acid groups (broad SMARTS) is 1. The molecule has 2 aromatic carbocycles. The van der Waals surface area contributed by atoms with Crippen LogP contribution in [-0.2, 0) is 31.3 Å². The lowest BCUT2D eigenvalue weighted by molar-refractivity contribution is 0.0447. The van der Waals surface area contributed by atoms with E-state index in [1.807, 2.05) is 6.07 Å². The van der Waals surface area contributed by atoms with Gasteiger partial charge in [0.25, 0.3) is 0 Å². The summed E-state index contributed by atoms with van der Waals surface area (Å²) in [5.41, 5.74) is 3.12. The maximum atomic E-state index is 12.5. The molecule has 0 amide bonds. The zero-order chi connectivity index (χ0) is 34.1. The zero-order valence-electron chi connectivity index (χ0n) is 27.4. The molecule has 0 unspecified atom stereocenters. The first-order valence-corrected chi connectivity index (χ1v) is 19.0. The lowest BCUT2D eigenvalue weighted by atomic mass is 9.68. The second-order valence-electron chi connectivity index (χ2n) is 14.0. The van der Waals surface area contributed by atoms with Crippen LogP contribution in [-0.4, -0.2) is 81.6 Å². The van der Waals surface area contributed by atoms with Gasteiger partial charge in [0, 0.05) is 37.2 Å². The second kappa shape index (κ2) is 14.7. The van der Waals surface area contributed by atoms with Crippen LogP contribution in [0.2, 0.25) is 5.02 Å². The molecule has 0 aromatic heterocycles. The summed E-state index contributed by atoms with van der Waals surface area (Å²) in [5, 5.41) is 26.6. The predicted molar refractivity (Wildman–Crippen MR) is 184 cm³/mol. The number of ether oxygens (including phenoxy) is 3. The minimum absolute atomic E-state index is 0.00755. The van der Waals surface area contributed by atoms with Crippen molar-refractivity contribution >= 4 is 33.3 Å². The molecule has 10 nitrogen and oxygen atoms in total. The van der Waals surface area contributed by atoms with Gasteiger partial charge in [0.2, 0.25) is 10.0 Å². The molecule has 1 saturated carbocycles. The van der Waals surface area contributed by atoms with E-state index in [1.54, 1.807) is 30.4 Å². The molecule has 2 fully saturated rings. The van der Waals surface area contributed by atoms with E-state index < -0.39 is 33.5 Å². The number of hydrogen-bond donors (Lipinski definition) is 3. The highest BCUT2D eigenvalue weighted by Gasteiger charge is 2.44. The number of carbonyl (C=O) groups is 1. The molecule has 4 N–H and O–H groups in total. The standard InChI is InChI=1S/C36H47ClN2O8S/c1-45-33(34(48(38,43)44)19-27-6-4-16-46-27)8-2-7-31(40)28-12-9-25(28)20-39-21-36(15-3-5-23-17-26(37)11-13-29(23)36)22-47-32-14-10-24(35(41)42)18-30(32)39/h2,7,10-11,13-14,17-18,25,27-28,31,33-34,40H,3-6,8-9,12,15-16,19-22H2,1H3,(H,41,42)(H2,38,43,44)/b7-2+/t25-,27-,28+,31-,33-,34+,36-/m0/s1. The molecule has 7 atom stereocenters. The number of aliphatic hydroxyl groups is 1. The van der Waals surface area contributed by atoms with Gasteiger partial charge in [-0.05, 0) is 111 Å². The number of primary sulfonamides is 1. The van der Waals surface area contributed by atoms with E-state index >= 15 is 0 Å². The van der Waals surface area contributed by atoms with Gasteiger partial charge in [-0.2, -0.15) is 0 Å². The van der Waals surface area contributed by atoms with Crippen molar-refractivity contribution in [1.82, 2.24) is 0 Å². The molecular formula is C36H47ClN2O8S. The molecule has 6 rings (SSSR count). The molecule has 2 heterocycles. The third-order valence-electron chi connectivity index (χ3n) is 11.0. The largest absolute Gasteiger partial charge is 0.490 e. The van der Waals surface area contributed by atoms with Gasteiger partial charge >= 0.3 is 5.97 Å². The molecule has 0 radical (unpaired) electrons. The molecule has 262 valence electrons. The van der Waals surface area contributed by atoms with Crippen molar-refractivity contribution in [3.8, 4) is 5.75 Å². The maximum Gasteiger partial charge on any atom is 0.335 e. The number of sulfonamides is 1. The lowest BCUT2D eigenvalue weighted by Gasteiger charge is -2.45. The number of carboxylic acids is 1. The fourth-order valence-electron chi connectivity index (χ4n) is 8.28. The van der Waals surface area contributed by atoms with Crippen molar-refractivity contribution in [2.24, 2.45) is 17.0 Å². The average molecular weight is 703 g/mol. The van der Waals surface area contributed by atoms with E-state index in [9.17, 15) is 23.4 Å². The normalized spacial score (nSPS) is 27.4. The van der Waals surface area contributed by atoms with Gasteiger partial charge < -0.3 is 29.3 Å². The number of aliphatic hydroxyl groups excluding tert-OH is 1. The molecular weight excluding hydrogens is 656 g/mol. The van der Waals surface area contributed by atoms with Crippen molar-refractivity contribution in [1.29, 1.82) is 0 Å². The third kappa shape index (κ3) is 7.56. The van der Waals surface area contributed by atoms with Gasteiger partial charge in [0.15, 0.2) is 0 Å². The van der Waals surface area contributed by atoms with Crippen molar-refractivity contribution in [3.05, 3.63) is 70.3 Å². The van der Waals surface area contributed by atoms with E-state index in [4.69, 9.17) is 31.0 Å². The summed E-state index contributed by atoms with van der Waals surface area (Å²) in [7, 11) is -2.40. The summed E-state index contributed by atoms with van der Waals surface area (Å²) in [6.07, 6.45) is 8.93. The summed E-state index contributed by atoms with van der Waals surface area (Å²) in [6, 6.07) is 11.1. The SMILES string of the molecule is CO[C@@H](C/C=C/[C@H](O)[C@@H]1CC[C@H]1CN1C[C@@]2(CCCc3cc(Cl)ccc32)COc2ccc(C(=O)O)cc21)[C@@H](C[C@@H]1CCCO1)S(N)(=O)=O. The van der Waals surface area contributed by atoms with Crippen molar-refractivity contribution in [2.45, 2.75) is 86.8 Å². The van der Waals surface area contributed by atoms with Crippen LogP contribution in [0, 0.1) is 11.8 Å². The maximum absolute atomic E-state index is 12.5. The Balaban J connectivity index is 1.19. The first-order chi connectivity index (χ1) is 23.0. The minimum Gasteiger partial charge on any atom is -0.490 e. The van der Waals surface area contributed by atoms with Crippen molar-refractivity contribution < 1.29 is 37.6 Å². The number of benzene rings is 2. The second-order valence-corrected chi connectivity index (χ2v) is 16.2. The number of nitrogens with zero attached hydrogens (tertiary/aromatic N) is 1. The number of fused-ring (bicyclic) bond motifs is 3. The molecule has 2 aromatic rings. The van der Waals surface area contributed by atoms with Gasteiger partial charge in [-0.15, -0.1) is 0 Å². The first kappa shape index (κ1) is 35.2. The Kier molecular flexibility index (Phi) is 10.7. The van der Waals surface area contributed by atoms with Crippen LogP contribution >= 0.6 is 11.6 Å². The highest BCUT2D eigenvalue weighted by molar-refractivity contribution is 7.89. The molecule has 0 bridgehead atoms. The van der Waals surface area contributed by atoms with E-state index in [1.165, 1.54) is 18.2 Å². The van der Waals surface area contributed by atoms with Crippen LogP contribution < -0.4 is 14.8 Å². The van der Waals surface area contributed by atoms with Gasteiger partial charge in [0.1, 0.15) is 11.0 Å². The van der Waals surface area contributed by atoms with E-state index in [0.29, 0.717) is 43.5 Å². The van der Waals surface area contributed by atoms with Crippen LogP contribution in [0.25, 0.3) is 0 Å². The highest BCUT2D eigenvalue weighted by Crippen LogP contribution is 2.46. The topological polar surface area (TPSA) is 149 Å². The number of halogens is 1. The predicted octanol–water partition coefficient (Wildman–Crippen LogP) is 5.09. The smallest absolute Gasteiger partial charge is 0.335 e. The van der Waals surface area contributed by atoms with Gasteiger partial charge in [-0.1, -0.05) is 29.8 Å². The Labute approximate surface area is 288 Å². The average Bonchev–Trinajstić information content (AvgIpc) is 3.50. The summed E-state index contributed by atoms with van der Waals surface area (Å²) >= 11 is 6.39. The first-order valence-electron chi connectivity index (χ1n) is 17.0. The summed E-state index contributed by atoms with van der Waals surface area (Å²) in [6.45, 7) is 2.38. The fourth-order valence-corrected chi connectivity index (χ4v) is 9.61. The number of hydrogen-bond acceptors (Lipinski definition) is 8. The molecule has 48 heavy (non-hydrogen) atoms. The van der Waals surface area contributed by atoms with Crippen molar-refractivity contribution in [3.63, 3.8) is 0 Å². The Morgan fingerprint density at radius 1 is 1.21 bits per heavy atom. The number of rotatable bonds is 12. The summed E-state index contributed by atoms with van der Waals surface area (Å²) < 4.78 is 42.7.